The van der Waals surface area contributed by atoms with Gasteiger partial charge in [0.2, 0.25) is 0 Å². The van der Waals surface area contributed by atoms with E-state index in [1.165, 1.54) is 6.33 Å². The zero-order valence-electron chi connectivity index (χ0n) is 9.81. The van der Waals surface area contributed by atoms with Crippen LogP contribution in [0.2, 0.25) is 0 Å². The van der Waals surface area contributed by atoms with Gasteiger partial charge in [-0.1, -0.05) is 30.3 Å². The summed E-state index contributed by atoms with van der Waals surface area (Å²) in [6.07, 6.45) is 1.36. The Labute approximate surface area is 99.7 Å². The molecule has 4 heteroatoms. The van der Waals surface area contributed by atoms with Crippen molar-refractivity contribution in [3.8, 4) is 0 Å². The molecule has 0 amide bonds. The molecule has 0 spiro atoms. The van der Waals surface area contributed by atoms with Crippen molar-refractivity contribution >= 4 is 5.82 Å². The number of rotatable bonds is 3. The molecular weight excluding hydrogens is 217 g/mol. The SMILES string of the molecule is Cc1ncnc(NC(C)c2ccccc2)c1F. The lowest BCUT2D eigenvalue weighted by Gasteiger charge is -2.15. The predicted molar refractivity (Wildman–Crippen MR) is 65.2 cm³/mol. The molecule has 1 aromatic heterocycles. The van der Waals surface area contributed by atoms with Gasteiger partial charge in [0, 0.05) is 0 Å². The lowest BCUT2D eigenvalue weighted by molar-refractivity contribution is 0.602. The molecular formula is C13H14FN3. The van der Waals surface area contributed by atoms with Gasteiger partial charge in [0.05, 0.1) is 11.7 Å². The van der Waals surface area contributed by atoms with Crippen LogP contribution in [0.1, 0.15) is 24.2 Å². The van der Waals surface area contributed by atoms with Crippen LogP contribution in [0.4, 0.5) is 10.2 Å². The van der Waals surface area contributed by atoms with Crippen LogP contribution < -0.4 is 5.32 Å². The maximum absolute atomic E-state index is 13.7. The van der Waals surface area contributed by atoms with E-state index in [1.807, 2.05) is 37.3 Å². The molecule has 1 unspecified atom stereocenters. The molecule has 0 saturated heterocycles. The first-order valence-corrected chi connectivity index (χ1v) is 5.47. The van der Waals surface area contributed by atoms with Crippen molar-refractivity contribution < 1.29 is 4.39 Å². The van der Waals surface area contributed by atoms with Crippen molar-refractivity contribution in [3.63, 3.8) is 0 Å². The van der Waals surface area contributed by atoms with Crippen LogP contribution in [0.25, 0.3) is 0 Å². The van der Waals surface area contributed by atoms with Crippen molar-refractivity contribution in [2.75, 3.05) is 5.32 Å². The maximum Gasteiger partial charge on any atom is 0.186 e. The molecule has 17 heavy (non-hydrogen) atoms. The van der Waals surface area contributed by atoms with Crippen LogP contribution >= 0.6 is 0 Å². The number of nitrogens with zero attached hydrogens (tertiary/aromatic N) is 2. The third kappa shape index (κ3) is 2.58. The molecule has 1 aromatic carbocycles. The van der Waals surface area contributed by atoms with Gasteiger partial charge < -0.3 is 5.32 Å². The van der Waals surface area contributed by atoms with Gasteiger partial charge in [0.25, 0.3) is 0 Å². The van der Waals surface area contributed by atoms with E-state index in [0.29, 0.717) is 5.69 Å². The van der Waals surface area contributed by atoms with Gasteiger partial charge in [0.1, 0.15) is 6.33 Å². The van der Waals surface area contributed by atoms with Crippen molar-refractivity contribution in [1.29, 1.82) is 0 Å². The van der Waals surface area contributed by atoms with Crippen molar-refractivity contribution in [2.24, 2.45) is 0 Å². The molecule has 3 nitrogen and oxygen atoms in total. The average Bonchev–Trinajstić information content (AvgIpc) is 2.36. The molecule has 0 aliphatic rings. The summed E-state index contributed by atoms with van der Waals surface area (Å²) in [6, 6.07) is 9.84. The van der Waals surface area contributed by atoms with Crippen molar-refractivity contribution in [3.05, 3.63) is 53.7 Å². The largest absolute Gasteiger partial charge is 0.361 e. The van der Waals surface area contributed by atoms with Crippen LogP contribution in [0.5, 0.6) is 0 Å². The molecule has 0 saturated carbocycles. The second-order valence-corrected chi connectivity index (χ2v) is 3.90. The lowest BCUT2D eigenvalue weighted by Crippen LogP contribution is -2.10. The van der Waals surface area contributed by atoms with Gasteiger partial charge in [-0.3, -0.25) is 0 Å². The number of aromatic nitrogens is 2. The Kier molecular flexibility index (Phi) is 3.32. The Bertz CT molecular complexity index is 499. The molecule has 0 radical (unpaired) electrons. The zero-order valence-corrected chi connectivity index (χ0v) is 9.81. The fraction of sp³-hybridized carbons (Fsp3) is 0.231. The van der Waals surface area contributed by atoms with Crippen LogP contribution in [-0.2, 0) is 0 Å². The summed E-state index contributed by atoms with van der Waals surface area (Å²) in [5.74, 6) is -0.149. The Morgan fingerprint density at radius 1 is 1.18 bits per heavy atom. The zero-order chi connectivity index (χ0) is 12.3. The van der Waals surface area contributed by atoms with Gasteiger partial charge in [-0.25, -0.2) is 14.4 Å². The number of hydrogen-bond donors (Lipinski definition) is 1. The molecule has 1 atom stereocenters. The smallest absolute Gasteiger partial charge is 0.186 e. The normalized spacial score (nSPS) is 12.2. The Hall–Kier alpha value is -1.97. The molecule has 0 aliphatic heterocycles. The predicted octanol–water partition coefficient (Wildman–Crippen LogP) is 3.10. The summed E-state index contributed by atoms with van der Waals surface area (Å²) in [5.41, 5.74) is 1.44. The average molecular weight is 231 g/mol. The highest BCUT2D eigenvalue weighted by atomic mass is 19.1. The Morgan fingerprint density at radius 3 is 2.59 bits per heavy atom. The van der Waals surface area contributed by atoms with E-state index >= 15 is 0 Å². The van der Waals surface area contributed by atoms with E-state index in [-0.39, 0.29) is 11.9 Å². The van der Waals surface area contributed by atoms with Crippen LogP contribution in [-0.4, -0.2) is 9.97 Å². The molecule has 0 fully saturated rings. The minimum Gasteiger partial charge on any atom is -0.361 e. The van der Waals surface area contributed by atoms with Crippen molar-refractivity contribution in [1.82, 2.24) is 9.97 Å². The van der Waals surface area contributed by atoms with Gasteiger partial charge in [-0.2, -0.15) is 0 Å². The fourth-order valence-electron chi connectivity index (χ4n) is 1.59. The molecule has 88 valence electrons. The number of anilines is 1. The summed E-state index contributed by atoms with van der Waals surface area (Å²) in [6.45, 7) is 3.58. The second-order valence-electron chi connectivity index (χ2n) is 3.90. The molecule has 1 N–H and O–H groups in total. The first kappa shape index (κ1) is 11.5. The minimum atomic E-state index is -0.393. The summed E-state index contributed by atoms with van der Waals surface area (Å²) in [5, 5.41) is 3.04. The molecule has 0 bridgehead atoms. The first-order chi connectivity index (χ1) is 8.18. The lowest BCUT2D eigenvalue weighted by atomic mass is 10.1. The fourth-order valence-corrected chi connectivity index (χ4v) is 1.59. The van der Waals surface area contributed by atoms with Crippen LogP contribution in [0.15, 0.2) is 36.7 Å². The van der Waals surface area contributed by atoms with Crippen LogP contribution in [0.3, 0.4) is 0 Å². The number of halogens is 1. The first-order valence-electron chi connectivity index (χ1n) is 5.47. The van der Waals surface area contributed by atoms with Crippen LogP contribution in [0, 0.1) is 12.7 Å². The third-order valence-electron chi connectivity index (χ3n) is 2.62. The molecule has 2 aromatic rings. The summed E-state index contributed by atoms with van der Waals surface area (Å²) >= 11 is 0. The highest BCUT2D eigenvalue weighted by Gasteiger charge is 2.11. The number of aryl methyl sites for hydroxylation is 1. The van der Waals surface area contributed by atoms with E-state index in [4.69, 9.17) is 0 Å². The minimum absolute atomic E-state index is 0. The molecule has 2 rings (SSSR count). The number of hydrogen-bond acceptors (Lipinski definition) is 3. The van der Waals surface area contributed by atoms with Crippen molar-refractivity contribution in [2.45, 2.75) is 19.9 Å². The molecule has 0 aliphatic carbocycles. The maximum atomic E-state index is 13.7. The third-order valence-corrected chi connectivity index (χ3v) is 2.62. The van der Waals surface area contributed by atoms with Gasteiger partial charge >= 0.3 is 0 Å². The van der Waals surface area contributed by atoms with Gasteiger partial charge in [-0.15, -0.1) is 0 Å². The van der Waals surface area contributed by atoms with Gasteiger partial charge in [0.15, 0.2) is 11.6 Å². The monoisotopic (exact) mass is 231 g/mol. The quantitative estimate of drug-likeness (QED) is 0.882. The second kappa shape index (κ2) is 4.91. The van der Waals surface area contributed by atoms with E-state index in [9.17, 15) is 4.39 Å². The van der Waals surface area contributed by atoms with E-state index in [2.05, 4.69) is 15.3 Å². The van der Waals surface area contributed by atoms with Gasteiger partial charge in [-0.05, 0) is 19.4 Å². The van der Waals surface area contributed by atoms with E-state index in [1.54, 1.807) is 6.92 Å². The highest BCUT2D eigenvalue weighted by molar-refractivity contribution is 5.40. The summed E-state index contributed by atoms with van der Waals surface area (Å²) in [7, 11) is 0. The standard InChI is InChI=1S/C13H14FN3/c1-9(11-6-4-3-5-7-11)17-13-12(14)10(2)15-8-16-13/h3-9H,1-2H3,(H,15,16,17). The summed E-state index contributed by atoms with van der Waals surface area (Å²) in [4.78, 5) is 7.70. The Balaban J connectivity index is 2.19. The summed E-state index contributed by atoms with van der Waals surface area (Å²) < 4.78 is 13.7. The topological polar surface area (TPSA) is 37.8 Å². The van der Waals surface area contributed by atoms with E-state index in [0.717, 1.165) is 5.56 Å². The Morgan fingerprint density at radius 2 is 1.88 bits per heavy atom. The molecule has 1 heterocycles. The van der Waals surface area contributed by atoms with E-state index < -0.39 is 5.82 Å². The highest BCUT2D eigenvalue weighted by Crippen LogP contribution is 2.20. The number of nitrogens with one attached hydrogen (secondary N) is 1. The number of benzene rings is 1.